The van der Waals surface area contributed by atoms with Crippen LogP contribution in [0.15, 0.2) is 17.5 Å². The van der Waals surface area contributed by atoms with Crippen LogP contribution >= 0.6 is 22.7 Å². The Morgan fingerprint density at radius 1 is 1.29 bits per heavy atom. The van der Waals surface area contributed by atoms with Gasteiger partial charge in [0.15, 0.2) is 0 Å². The first kappa shape index (κ1) is 12.7. The van der Waals surface area contributed by atoms with Gasteiger partial charge in [0.1, 0.15) is 0 Å². The number of rotatable bonds is 6. The van der Waals surface area contributed by atoms with E-state index < -0.39 is 0 Å². The van der Waals surface area contributed by atoms with E-state index in [4.69, 9.17) is 0 Å². The molecule has 0 saturated carbocycles. The minimum Gasteiger partial charge on any atom is -0.311 e. The van der Waals surface area contributed by atoms with Crippen LogP contribution in [0, 0.1) is 6.92 Å². The summed E-state index contributed by atoms with van der Waals surface area (Å²) < 4.78 is 0. The lowest BCUT2D eigenvalue weighted by Crippen LogP contribution is -2.15. The van der Waals surface area contributed by atoms with Gasteiger partial charge in [-0.25, -0.2) is 4.98 Å². The summed E-state index contributed by atoms with van der Waals surface area (Å²) in [5.41, 5.74) is 1.14. The van der Waals surface area contributed by atoms with Crippen LogP contribution in [-0.4, -0.2) is 11.5 Å². The Morgan fingerprint density at radius 3 is 2.76 bits per heavy atom. The Morgan fingerprint density at radius 2 is 2.12 bits per heavy atom. The van der Waals surface area contributed by atoms with Gasteiger partial charge in [-0.3, -0.25) is 0 Å². The Bertz CT molecular complexity index is 459. The summed E-state index contributed by atoms with van der Waals surface area (Å²) in [6, 6.07) is 4.45. The molecule has 0 atom stereocenters. The highest BCUT2D eigenvalue weighted by atomic mass is 32.1. The van der Waals surface area contributed by atoms with E-state index in [1.165, 1.54) is 14.8 Å². The lowest BCUT2D eigenvalue weighted by molar-refractivity contribution is 0.691. The molecule has 0 saturated heterocycles. The highest BCUT2D eigenvalue weighted by Gasteiger charge is 2.00. The van der Waals surface area contributed by atoms with Crippen LogP contribution in [0.3, 0.4) is 0 Å². The fourth-order valence-corrected chi connectivity index (χ4v) is 3.34. The van der Waals surface area contributed by atoms with Gasteiger partial charge in [0.2, 0.25) is 0 Å². The average molecular weight is 266 g/mol. The second kappa shape index (κ2) is 6.28. The molecule has 0 aliphatic heterocycles. The second-order valence-corrected chi connectivity index (χ2v) is 6.23. The van der Waals surface area contributed by atoms with E-state index in [-0.39, 0.29) is 0 Å². The Kier molecular flexibility index (Phi) is 4.71. The molecule has 2 aromatic heterocycles. The minimum absolute atomic E-state index is 0.981. The molecule has 0 radical (unpaired) electrons. The maximum atomic E-state index is 4.45. The van der Waals surface area contributed by atoms with Crippen LogP contribution in [0.1, 0.15) is 27.4 Å². The number of aryl methyl sites for hydroxylation is 2. The molecule has 0 aromatic carbocycles. The molecule has 0 unspecified atom stereocenters. The maximum Gasteiger partial charge on any atom is 0.0940 e. The third kappa shape index (κ3) is 3.91. The highest BCUT2D eigenvalue weighted by Crippen LogP contribution is 2.16. The fourth-order valence-electron chi connectivity index (χ4n) is 1.63. The molecule has 1 N–H and O–H groups in total. The van der Waals surface area contributed by atoms with Crippen molar-refractivity contribution in [1.29, 1.82) is 0 Å². The molecule has 4 heteroatoms. The van der Waals surface area contributed by atoms with Gasteiger partial charge < -0.3 is 5.32 Å². The van der Waals surface area contributed by atoms with Gasteiger partial charge in [-0.15, -0.1) is 22.7 Å². The number of nitrogens with zero attached hydrogens (tertiary/aromatic N) is 1. The number of hydrogen-bond donors (Lipinski definition) is 1. The maximum absolute atomic E-state index is 4.45. The van der Waals surface area contributed by atoms with Gasteiger partial charge in [-0.05, 0) is 25.5 Å². The van der Waals surface area contributed by atoms with Crippen LogP contribution in [0.25, 0.3) is 0 Å². The molecule has 0 bridgehead atoms. The highest BCUT2D eigenvalue weighted by molar-refractivity contribution is 7.12. The number of hydrogen-bond acceptors (Lipinski definition) is 4. The van der Waals surface area contributed by atoms with Crippen LogP contribution in [0.2, 0.25) is 0 Å². The van der Waals surface area contributed by atoms with Crippen molar-refractivity contribution in [2.45, 2.75) is 33.2 Å². The largest absolute Gasteiger partial charge is 0.311 e. The minimum atomic E-state index is 0.981. The summed E-state index contributed by atoms with van der Waals surface area (Å²) in [5, 5.41) is 6.82. The summed E-state index contributed by atoms with van der Waals surface area (Å²) in [6.45, 7) is 6.24. The standard InChI is InChI=1S/C13H18N2S2/c1-3-11-4-5-12(17-11)8-14-7-6-13-15-10(2)9-16-13/h4-5,9,14H,3,6-8H2,1-2H3. The quantitative estimate of drug-likeness (QED) is 0.811. The molecular weight excluding hydrogens is 248 g/mol. The van der Waals surface area contributed by atoms with E-state index in [1.54, 1.807) is 11.3 Å². The fraction of sp³-hybridized carbons (Fsp3) is 0.462. The Hall–Kier alpha value is -0.710. The zero-order valence-electron chi connectivity index (χ0n) is 10.3. The Labute approximate surface area is 111 Å². The molecule has 0 amide bonds. The van der Waals surface area contributed by atoms with E-state index in [1.807, 2.05) is 18.3 Å². The summed E-state index contributed by atoms with van der Waals surface area (Å²) in [7, 11) is 0. The smallest absolute Gasteiger partial charge is 0.0940 e. The molecule has 2 heterocycles. The van der Waals surface area contributed by atoms with E-state index in [2.05, 4.69) is 34.7 Å². The van der Waals surface area contributed by atoms with Crippen LogP contribution < -0.4 is 5.32 Å². The zero-order valence-corrected chi connectivity index (χ0v) is 12.0. The average Bonchev–Trinajstić information content (AvgIpc) is 2.93. The molecule has 17 heavy (non-hydrogen) atoms. The van der Waals surface area contributed by atoms with E-state index in [0.717, 1.165) is 31.6 Å². The number of aromatic nitrogens is 1. The molecule has 2 aromatic rings. The lowest BCUT2D eigenvalue weighted by atomic mass is 10.3. The molecule has 92 valence electrons. The van der Waals surface area contributed by atoms with Gasteiger partial charge in [0, 0.05) is 40.3 Å². The van der Waals surface area contributed by atoms with Gasteiger partial charge in [-0.1, -0.05) is 6.92 Å². The summed E-state index contributed by atoms with van der Waals surface area (Å²) in [5.74, 6) is 0. The van der Waals surface area contributed by atoms with Gasteiger partial charge in [-0.2, -0.15) is 0 Å². The van der Waals surface area contributed by atoms with Crippen molar-refractivity contribution in [1.82, 2.24) is 10.3 Å². The van der Waals surface area contributed by atoms with Gasteiger partial charge in [0.05, 0.1) is 5.01 Å². The first-order valence-corrected chi connectivity index (χ1v) is 7.67. The van der Waals surface area contributed by atoms with E-state index >= 15 is 0 Å². The van der Waals surface area contributed by atoms with Crippen molar-refractivity contribution in [2.75, 3.05) is 6.54 Å². The van der Waals surface area contributed by atoms with Crippen molar-refractivity contribution in [2.24, 2.45) is 0 Å². The molecule has 0 aliphatic rings. The predicted octanol–water partition coefficient (Wildman–Crippen LogP) is 3.41. The van der Waals surface area contributed by atoms with Crippen molar-refractivity contribution < 1.29 is 0 Å². The number of thiazole rings is 1. The van der Waals surface area contributed by atoms with Crippen molar-refractivity contribution in [3.63, 3.8) is 0 Å². The SMILES string of the molecule is CCc1ccc(CNCCc2nc(C)cs2)s1. The van der Waals surface area contributed by atoms with Crippen LogP contribution in [0.4, 0.5) is 0 Å². The molecule has 2 rings (SSSR count). The van der Waals surface area contributed by atoms with Crippen molar-refractivity contribution in [3.8, 4) is 0 Å². The lowest BCUT2D eigenvalue weighted by Gasteiger charge is -2.00. The van der Waals surface area contributed by atoms with E-state index in [9.17, 15) is 0 Å². The van der Waals surface area contributed by atoms with Gasteiger partial charge in [0.25, 0.3) is 0 Å². The molecule has 0 aliphatic carbocycles. The second-order valence-electron chi connectivity index (χ2n) is 4.03. The zero-order chi connectivity index (χ0) is 12.1. The summed E-state index contributed by atoms with van der Waals surface area (Å²) >= 11 is 3.66. The summed E-state index contributed by atoms with van der Waals surface area (Å²) in [6.07, 6.45) is 2.17. The first-order valence-electron chi connectivity index (χ1n) is 5.97. The molecule has 2 nitrogen and oxygen atoms in total. The third-order valence-corrected chi connectivity index (χ3v) is 4.80. The number of thiophene rings is 1. The van der Waals surface area contributed by atoms with Gasteiger partial charge >= 0.3 is 0 Å². The van der Waals surface area contributed by atoms with Crippen molar-refractivity contribution >= 4 is 22.7 Å². The monoisotopic (exact) mass is 266 g/mol. The number of nitrogens with one attached hydrogen (secondary N) is 1. The molecule has 0 spiro atoms. The van der Waals surface area contributed by atoms with Crippen LogP contribution in [0.5, 0.6) is 0 Å². The van der Waals surface area contributed by atoms with Crippen LogP contribution in [-0.2, 0) is 19.4 Å². The predicted molar refractivity (Wildman–Crippen MR) is 76.0 cm³/mol. The third-order valence-electron chi connectivity index (χ3n) is 2.55. The topological polar surface area (TPSA) is 24.9 Å². The normalized spacial score (nSPS) is 10.9. The Balaban J connectivity index is 1.69. The van der Waals surface area contributed by atoms with Crippen molar-refractivity contribution in [3.05, 3.63) is 38.0 Å². The molecular formula is C13H18N2S2. The summed E-state index contributed by atoms with van der Waals surface area (Å²) in [4.78, 5) is 7.35. The first-order chi connectivity index (χ1) is 8.28. The van der Waals surface area contributed by atoms with E-state index in [0.29, 0.717) is 0 Å². The molecule has 0 fully saturated rings.